The van der Waals surface area contributed by atoms with Crippen molar-refractivity contribution in [2.45, 2.75) is 105 Å². The minimum atomic E-state index is -10.7. The van der Waals surface area contributed by atoms with Crippen molar-refractivity contribution in [3.8, 4) is 23.0 Å². The molecule has 8 aromatic rings. The quantitative estimate of drug-likeness (QED) is 0.0433. The molecule has 0 amide bonds. The average molecular weight is 1550 g/mol. The summed E-state index contributed by atoms with van der Waals surface area (Å²) in [7, 11) is -34.3. The average Bonchev–Trinajstić information content (AvgIpc) is 0.893. The number of hydrogen-bond acceptors (Lipinski definition) is 4. The molecule has 1 aliphatic rings. The maximum atomic E-state index is 9.87. The van der Waals surface area contributed by atoms with Gasteiger partial charge in [0.2, 0.25) is 25.3 Å². The molecule has 0 aliphatic heterocycles. The predicted octanol–water partition coefficient (Wildman–Crippen LogP) is 21.7. The van der Waals surface area contributed by atoms with E-state index < -0.39 is 31.2 Å². The van der Waals surface area contributed by atoms with Gasteiger partial charge in [-0.05, 0) is 141 Å². The molecule has 9 rings (SSSR count). The van der Waals surface area contributed by atoms with E-state index in [1.54, 1.807) is 0 Å². The number of halogens is 24. The van der Waals surface area contributed by atoms with Gasteiger partial charge in [0.1, 0.15) is 98.8 Å². The molecule has 0 spiro atoms. The molecule has 4 heterocycles. The number of hydrogen-bond donors (Lipinski definition) is 0. The third-order valence-electron chi connectivity index (χ3n) is 13.3. The molecule has 4 aromatic heterocycles. The Hall–Kier alpha value is -7.04. The van der Waals surface area contributed by atoms with E-state index in [0.29, 0.717) is 52.1 Å². The first-order chi connectivity index (χ1) is 44.8. The molecule has 8 bridgehead atoms. The van der Waals surface area contributed by atoms with Crippen LogP contribution in [-0.4, -0.2) is 44.7 Å². The summed E-state index contributed by atoms with van der Waals surface area (Å²) in [4.78, 5) is 0. The van der Waals surface area contributed by atoms with Crippen molar-refractivity contribution in [1.29, 1.82) is 0 Å². The summed E-state index contributed by atoms with van der Waals surface area (Å²) in [5, 5.41) is 0. The molecular formula is C60H76F24N8O4P4. The number of imidazole rings is 4. The van der Waals surface area contributed by atoms with Crippen molar-refractivity contribution >= 4 is 31.2 Å². The number of benzene rings is 4. The third-order valence-corrected chi connectivity index (χ3v) is 13.3. The summed E-state index contributed by atoms with van der Waals surface area (Å²) < 4.78 is 282. The van der Waals surface area contributed by atoms with Crippen LogP contribution in [0.2, 0.25) is 0 Å². The summed E-state index contributed by atoms with van der Waals surface area (Å²) >= 11 is 0. The van der Waals surface area contributed by atoms with Crippen molar-refractivity contribution in [3.05, 3.63) is 190 Å². The fourth-order valence-electron chi connectivity index (χ4n) is 10.3. The number of aryl methyl sites for hydroxylation is 4. The second-order valence-electron chi connectivity index (χ2n) is 23.9. The first-order valence-corrected chi connectivity index (χ1v) is 38.3. The van der Waals surface area contributed by atoms with Gasteiger partial charge in [-0.15, -0.1) is 0 Å². The van der Waals surface area contributed by atoms with Crippen molar-refractivity contribution in [3.63, 3.8) is 0 Å². The van der Waals surface area contributed by atoms with E-state index in [2.05, 4.69) is 216 Å². The van der Waals surface area contributed by atoms with Crippen LogP contribution in [0.5, 0.6) is 23.0 Å². The van der Waals surface area contributed by atoms with Gasteiger partial charge in [0.15, 0.2) is 0 Å². The molecule has 0 unspecified atom stereocenters. The van der Waals surface area contributed by atoms with Gasteiger partial charge in [0.05, 0.1) is 54.6 Å². The summed E-state index contributed by atoms with van der Waals surface area (Å²) in [5.74, 6) is 3.80. The summed E-state index contributed by atoms with van der Waals surface area (Å²) in [6.45, 7) is 14.1. The molecule has 100 heavy (non-hydrogen) atoms. The molecule has 12 nitrogen and oxygen atoms in total. The molecule has 0 atom stereocenters. The van der Waals surface area contributed by atoms with Crippen molar-refractivity contribution in [1.82, 2.24) is 18.3 Å². The zero-order valence-corrected chi connectivity index (χ0v) is 58.5. The van der Waals surface area contributed by atoms with E-state index in [0.717, 1.165) is 119 Å². The van der Waals surface area contributed by atoms with Gasteiger partial charge in [0, 0.05) is 25.7 Å². The van der Waals surface area contributed by atoms with Crippen LogP contribution in [0.1, 0.15) is 120 Å². The Morgan fingerprint density at radius 3 is 0.530 bits per heavy atom. The maximum absolute atomic E-state index is 10.7. The molecule has 0 saturated heterocycles. The topological polar surface area (TPSA) is 72.2 Å². The summed E-state index contributed by atoms with van der Waals surface area (Å²) in [6.07, 6.45) is 31.7. The molecule has 568 valence electrons. The zero-order valence-electron chi connectivity index (χ0n) is 54.9. The number of rotatable bonds is 20. The van der Waals surface area contributed by atoms with Crippen LogP contribution >= 0.6 is 31.2 Å². The van der Waals surface area contributed by atoms with E-state index in [4.69, 9.17) is 18.9 Å². The molecule has 0 saturated carbocycles. The molecular weight excluding hydrogens is 1480 g/mol. The fourth-order valence-corrected chi connectivity index (χ4v) is 10.3. The number of nitrogens with zero attached hydrogens (tertiary/aromatic N) is 8. The molecule has 40 heteroatoms. The monoisotopic (exact) mass is 1550 g/mol. The first-order valence-electron chi connectivity index (χ1n) is 30.2. The Morgan fingerprint density at radius 2 is 0.420 bits per heavy atom. The van der Waals surface area contributed by atoms with E-state index in [1.807, 2.05) is 0 Å². The number of ether oxygens (including phenoxy) is 4. The normalized spacial score (nSPS) is 15.4. The second kappa shape index (κ2) is 28.0. The Kier molecular flexibility index (Phi) is 23.4. The zero-order chi connectivity index (χ0) is 75.8. The molecule has 0 radical (unpaired) electrons. The van der Waals surface area contributed by atoms with Gasteiger partial charge >= 0.3 is 132 Å². The first kappa shape index (κ1) is 83.6. The van der Waals surface area contributed by atoms with E-state index in [1.165, 1.54) is 22.3 Å². The van der Waals surface area contributed by atoms with Crippen molar-refractivity contribution < 1.29 is 138 Å². The Morgan fingerprint density at radius 1 is 0.280 bits per heavy atom. The molecule has 1 aliphatic carbocycles. The summed E-state index contributed by atoms with van der Waals surface area (Å²) in [5.41, 5.74) is 14.1. The van der Waals surface area contributed by atoms with Crippen molar-refractivity contribution in [2.75, 3.05) is 26.4 Å². The van der Waals surface area contributed by atoms with Gasteiger partial charge < -0.3 is 18.9 Å². The van der Waals surface area contributed by atoms with Crippen LogP contribution in [0.4, 0.5) is 101 Å². The van der Waals surface area contributed by atoms with Crippen LogP contribution in [0.25, 0.3) is 0 Å². The van der Waals surface area contributed by atoms with Gasteiger partial charge in [-0.3, -0.25) is 0 Å². The van der Waals surface area contributed by atoms with E-state index in [-0.39, 0.29) is 0 Å². The Balaban J connectivity index is 0.000000540. The SMILES string of the molecule is CCCOc1c2cc(Cn3cc[n+](C)c3)cc1Cc1cc(Cn3cc[n+](C)c3)cc(c1OCCC)Cc1cc(Cn3cc[n+](C)c3)cc(c1OCCC)Cc1cc(Cn3cc[n+](C)c3)cc(c1OCCC)C2.F[P-](F)(F)(F)(F)F.F[P-](F)(F)(F)(F)F.F[P-](F)(F)(F)(F)F.F[P-](F)(F)(F)(F)F. The van der Waals surface area contributed by atoms with Gasteiger partial charge in [-0.2, -0.15) is 0 Å². The van der Waals surface area contributed by atoms with Crippen LogP contribution in [0, 0.1) is 0 Å². The molecule has 4 aromatic carbocycles. The van der Waals surface area contributed by atoms with Gasteiger partial charge in [0.25, 0.3) is 0 Å². The number of fused-ring (bicyclic) bond motifs is 8. The van der Waals surface area contributed by atoms with Gasteiger partial charge in [-0.25, -0.2) is 36.5 Å². The van der Waals surface area contributed by atoms with Crippen LogP contribution in [0.3, 0.4) is 0 Å². The third kappa shape index (κ3) is 37.0. The van der Waals surface area contributed by atoms with Crippen molar-refractivity contribution in [2.24, 2.45) is 28.2 Å². The minimum absolute atomic E-state index is 0.607. The fraction of sp³-hybridized carbons (Fsp3) is 0.400. The molecule has 0 N–H and O–H groups in total. The van der Waals surface area contributed by atoms with Crippen LogP contribution < -0.4 is 37.2 Å². The van der Waals surface area contributed by atoms with Crippen LogP contribution in [0.15, 0.2) is 123 Å². The predicted molar refractivity (Wildman–Crippen MR) is 333 cm³/mol. The van der Waals surface area contributed by atoms with Gasteiger partial charge in [-0.1, -0.05) is 27.7 Å². The standard InChI is InChI=1S/C60H76N8O4.4F6P/c1-9-21-69-57-49-25-45(37-65-17-13-61(5)41-65)26-50(57)34-52-28-47(39-67-19-15-63(7)43-67)30-54(59(52)71-23-11-3)36-56-32-48(40-68-20-16-64(8)44-68)31-55(60(56)72-24-12-4)35-53-29-46(38-66-18-14-62(6)42-66)27-51(33-49)58(53)70-22-10-2;4*1-7(2,3,4,5)6/h13-20,25-32,41-44H,9-12,21-24,33-40H2,1-8H3;;;;/q+4;4*-1. The second-order valence-corrected chi connectivity index (χ2v) is 31.6. The Labute approximate surface area is 558 Å². The Bertz CT molecular complexity index is 3480. The summed E-state index contributed by atoms with van der Waals surface area (Å²) in [6, 6.07) is 19.1. The number of aromatic nitrogens is 8. The van der Waals surface area contributed by atoms with E-state index in [9.17, 15) is 101 Å². The van der Waals surface area contributed by atoms with Crippen LogP contribution in [-0.2, 0) is 80.1 Å². The van der Waals surface area contributed by atoms with E-state index >= 15 is 0 Å². The molecule has 0 fully saturated rings.